The van der Waals surface area contributed by atoms with Crippen LogP contribution in [-0.4, -0.2) is 16.2 Å². The van der Waals surface area contributed by atoms with Crippen LogP contribution in [0.4, 0.5) is 5.13 Å². The minimum Gasteiger partial charge on any atom is -0.357 e. The smallest absolute Gasteiger partial charge is 0.205 e. The van der Waals surface area contributed by atoms with Crippen LogP contribution >= 0.6 is 11.3 Å². The van der Waals surface area contributed by atoms with Gasteiger partial charge in [-0.05, 0) is 31.1 Å². The molecule has 1 aliphatic carbocycles. The summed E-state index contributed by atoms with van der Waals surface area (Å²) in [4.78, 5) is 0. The predicted molar refractivity (Wildman–Crippen MR) is 64.2 cm³/mol. The van der Waals surface area contributed by atoms with Crippen molar-refractivity contribution in [1.29, 1.82) is 0 Å². The topological polar surface area (TPSA) is 37.8 Å². The summed E-state index contributed by atoms with van der Waals surface area (Å²) in [5, 5.41) is 12.3. The molecule has 1 aromatic heterocycles. The van der Waals surface area contributed by atoms with Gasteiger partial charge in [-0.2, -0.15) is 0 Å². The van der Waals surface area contributed by atoms with Crippen LogP contribution in [0.15, 0.2) is 5.51 Å². The minimum atomic E-state index is 0.525. The van der Waals surface area contributed by atoms with Gasteiger partial charge in [-0.1, -0.05) is 31.6 Å². The molecule has 1 N–H and O–H groups in total. The summed E-state index contributed by atoms with van der Waals surface area (Å²) in [5.41, 5.74) is 2.31. The molecule has 0 bridgehead atoms. The average molecular weight is 225 g/mol. The summed E-state index contributed by atoms with van der Waals surface area (Å²) < 4.78 is 0. The van der Waals surface area contributed by atoms with Crippen LogP contribution in [0.3, 0.4) is 0 Å². The third kappa shape index (κ3) is 3.16. The Morgan fingerprint density at radius 3 is 3.00 bits per heavy atom. The van der Waals surface area contributed by atoms with Crippen LogP contribution in [0.25, 0.3) is 0 Å². The maximum atomic E-state index is 4.03. The number of hydrogen-bond acceptors (Lipinski definition) is 4. The fourth-order valence-corrected chi connectivity index (χ4v) is 2.74. The van der Waals surface area contributed by atoms with E-state index in [1.165, 1.54) is 32.1 Å². The van der Waals surface area contributed by atoms with E-state index in [4.69, 9.17) is 0 Å². The highest BCUT2D eigenvalue weighted by molar-refractivity contribution is 7.13. The van der Waals surface area contributed by atoms with Gasteiger partial charge in [-0.25, -0.2) is 0 Å². The molecular formula is C11H19N3S. The molecule has 4 heteroatoms. The van der Waals surface area contributed by atoms with Gasteiger partial charge in [-0.15, -0.1) is 10.2 Å². The number of rotatable bonds is 2. The molecule has 0 amide bonds. The Bertz CT molecular complexity index is 295. The van der Waals surface area contributed by atoms with E-state index < -0.39 is 0 Å². The van der Waals surface area contributed by atoms with Crippen LogP contribution in [-0.2, 0) is 0 Å². The summed E-state index contributed by atoms with van der Waals surface area (Å²) in [6, 6.07) is 0.597. The van der Waals surface area contributed by atoms with Crippen molar-refractivity contribution in [3.8, 4) is 0 Å². The normalized spacial score (nSPS) is 25.9. The average Bonchev–Trinajstić information content (AvgIpc) is 2.60. The van der Waals surface area contributed by atoms with E-state index in [1.54, 1.807) is 16.8 Å². The van der Waals surface area contributed by atoms with Crippen molar-refractivity contribution in [3.63, 3.8) is 0 Å². The van der Waals surface area contributed by atoms with Gasteiger partial charge in [-0.3, -0.25) is 0 Å². The Morgan fingerprint density at radius 2 is 2.27 bits per heavy atom. The van der Waals surface area contributed by atoms with E-state index >= 15 is 0 Å². The zero-order valence-electron chi connectivity index (χ0n) is 9.49. The Hall–Kier alpha value is -0.640. The fourth-order valence-electron chi connectivity index (χ4n) is 2.22. The lowest BCUT2D eigenvalue weighted by atomic mass is 9.85. The van der Waals surface area contributed by atoms with Crippen molar-refractivity contribution in [2.75, 3.05) is 5.32 Å². The zero-order valence-corrected chi connectivity index (χ0v) is 10.3. The van der Waals surface area contributed by atoms with Gasteiger partial charge in [0.2, 0.25) is 5.13 Å². The van der Waals surface area contributed by atoms with Gasteiger partial charge in [0.05, 0.1) is 0 Å². The van der Waals surface area contributed by atoms with E-state index in [0.29, 0.717) is 11.5 Å². The first-order valence-corrected chi connectivity index (χ1v) is 6.56. The first-order valence-electron chi connectivity index (χ1n) is 5.68. The van der Waals surface area contributed by atoms with Crippen LogP contribution in [0, 0.1) is 5.41 Å². The standard InChI is InChI=1S/C11H19N3S/c1-11(2)6-3-4-9(5-7-11)13-10-14-12-8-15-10/h8-9H,3-7H2,1-2H3,(H,13,14). The molecule has 0 radical (unpaired) electrons. The minimum absolute atomic E-state index is 0.525. The summed E-state index contributed by atoms with van der Waals surface area (Å²) in [6.45, 7) is 4.75. The molecule has 84 valence electrons. The molecule has 1 atom stereocenters. The summed E-state index contributed by atoms with van der Waals surface area (Å²) in [6.07, 6.45) is 6.50. The van der Waals surface area contributed by atoms with E-state index in [9.17, 15) is 0 Å². The Kier molecular flexibility index (Phi) is 3.24. The SMILES string of the molecule is CC1(C)CCCC(Nc2nncs2)CC1. The van der Waals surface area contributed by atoms with Crippen LogP contribution in [0.1, 0.15) is 46.0 Å². The molecule has 1 fully saturated rings. The molecular weight excluding hydrogens is 206 g/mol. The van der Waals surface area contributed by atoms with E-state index in [0.717, 1.165) is 5.13 Å². The van der Waals surface area contributed by atoms with Crippen LogP contribution in [0.2, 0.25) is 0 Å². The van der Waals surface area contributed by atoms with Crippen molar-refractivity contribution in [1.82, 2.24) is 10.2 Å². The molecule has 0 spiro atoms. The van der Waals surface area contributed by atoms with Crippen molar-refractivity contribution in [2.24, 2.45) is 5.41 Å². The Labute approximate surface area is 95.3 Å². The molecule has 1 unspecified atom stereocenters. The molecule has 15 heavy (non-hydrogen) atoms. The summed E-state index contributed by atoms with van der Waals surface area (Å²) >= 11 is 1.59. The zero-order chi connectivity index (χ0) is 10.7. The predicted octanol–water partition coefficient (Wildman–Crippen LogP) is 3.31. The van der Waals surface area contributed by atoms with Gasteiger partial charge in [0.1, 0.15) is 5.51 Å². The lowest BCUT2D eigenvalue weighted by molar-refractivity contribution is 0.313. The Balaban J connectivity index is 1.89. The van der Waals surface area contributed by atoms with E-state index in [-0.39, 0.29) is 0 Å². The monoisotopic (exact) mass is 225 g/mol. The highest BCUT2D eigenvalue weighted by atomic mass is 32.1. The maximum Gasteiger partial charge on any atom is 0.205 e. The van der Waals surface area contributed by atoms with Gasteiger partial charge in [0.25, 0.3) is 0 Å². The lowest BCUT2D eigenvalue weighted by Gasteiger charge is -2.22. The molecule has 1 aliphatic rings. The van der Waals surface area contributed by atoms with Gasteiger partial charge in [0.15, 0.2) is 0 Å². The Morgan fingerprint density at radius 1 is 1.40 bits per heavy atom. The fraction of sp³-hybridized carbons (Fsp3) is 0.818. The molecule has 0 aromatic carbocycles. The van der Waals surface area contributed by atoms with Crippen molar-refractivity contribution < 1.29 is 0 Å². The van der Waals surface area contributed by atoms with Crippen molar-refractivity contribution >= 4 is 16.5 Å². The maximum absolute atomic E-state index is 4.03. The molecule has 2 rings (SSSR count). The lowest BCUT2D eigenvalue weighted by Crippen LogP contribution is -2.19. The first-order chi connectivity index (χ1) is 7.16. The van der Waals surface area contributed by atoms with Gasteiger partial charge < -0.3 is 5.32 Å². The molecule has 1 saturated carbocycles. The third-order valence-electron chi connectivity index (χ3n) is 3.26. The van der Waals surface area contributed by atoms with Gasteiger partial charge >= 0.3 is 0 Å². The van der Waals surface area contributed by atoms with Crippen LogP contribution < -0.4 is 5.32 Å². The molecule has 3 nitrogen and oxygen atoms in total. The number of aromatic nitrogens is 2. The number of nitrogens with zero attached hydrogens (tertiary/aromatic N) is 2. The highest BCUT2D eigenvalue weighted by Gasteiger charge is 2.24. The molecule has 1 heterocycles. The van der Waals surface area contributed by atoms with Crippen LogP contribution in [0.5, 0.6) is 0 Å². The third-order valence-corrected chi connectivity index (χ3v) is 3.89. The number of nitrogens with one attached hydrogen (secondary N) is 1. The number of hydrogen-bond donors (Lipinski definition) is 1. The second kappa shape index (κ2) is 4.47. The highest BCUT2D eigenvalue weighted by Crippen LogP contribution is 2.34. The second-order valence-electron chi connectivity index (χ2n) is 5.18. The molecule has 0 saturated heterocycles. The van der Waals surface area contributed by atoms with E-state index in [1.807, 2.05) is 0 Å². The van der Waals surface area contributed by atoms with Crippen molar-refractivity contribution in [3.05, 3.63) is 5.51 Å². The van der Waals surface area contributed by atoms with E-state index in [2.05, 4.69) is 29.4 Å². The first kappa shape index (κ1) is 10.9. The number of anilines is 1. The largest absolute Gasteiger partial charge is 0.357 e. The van der Waals surface area contributed by atoms with Gasteiger partial charge in [0, 0.05) is 6.04 Å². The summed E-state index contributed by atoms with van der Waals surface area (Å²) in [5.74, 6) is 0. The second-order valence-corrected chi connectivity index (χ2v) is 6.01. The summed E-state index contributed by atoms with van der Waals surface area (Å²) in [7, 11) is 0. The quantitative estimate of drug-likeness (QED) is 0.785. The van der Waals surface area contributed by atoms with Crippen molar-refractivity contribution in [2.45, 2.75) is 52.0 Å². The molecule has 1 aromatic rings. The molecule has 0 aliphatic heterocycles.